The zero-order valence-electron chi connectivity index (χ0n) is 11.9. The molecule has 1 heterocycles. The van der Waals surface area contributed by atoms with Crippen molar-refractivity contribution in [1.29, 1.82) is 5.26 Å². The summed E-state index contributed by atoms with van der Waals surface area (Å²) in [6, 6.07) is 2.08. The van der Waals surface area contributed by atoms with Gasteiger partial charge in [0.1, 0.15) is 0 Å². The van der Waals surface area contributed by atoms with Gasteiger partial charge < -0.3 is 4.90 Å². The summed E-state index contributed by atoms with van der Waals surface area (Å²) in [5.74, 6) is -1.51. The van der Waals surface area contributed by atoms with Gasteiger partial charge in [-0.25, -0.2) is 0 Å². The fourth-order valence-electron chi connectivity index (χ4n) is 3.15. The molecule has 0 spiro atoms. The molecule has 0 unspecified atom stereocenters. The van der Waals surface area contributed by atoms with Gasteiger partial charge in [-0.2, -0.15) is 18.4 Å². The summed E-state index contributed by atoms with van der Waals surface area (Å²) in [6.07, 6.45) is -3.33. The molecule has 2 rings (SSSR count). The summed E-state index contributed by atoms with van der Waals surface area (Å²) in [4.78, 5) is 16.1. The van der Waals surface area contributed by atoms with Crippen LogP contribution in [0.2, 0.25) is 0 Å². The van der Waals surface area contributed by atoms with E-state index in [1.54, 1.807) is 4.90 Å². The Morgan fingerprint density at radius 1 is 1.10 bits per heavy atom. The summed E-state index contributed by atoms with van der Waals surface area (Å²) in [5, 5.41) is 8.62. The highest BCUT2D eigenvalue weighted by molar-refractivity contribution is 5.79. The number of amides is 1. The molecule has 0 radical (unpaired) electrons. The molecule has 1 aliphatic carbocycles. The molecule has 7 heteroatoms. The number of halogens is 3. The van der Waals surface area contributed by atoms with Crippen molar-refractivity contribution in [1.82, 2.24) is 9.80 Å². The normalized spacial score (nSPS) is 28.2. The van der Waals surface area contributed by atoms with E-state index in [1.165, 1.54) is 0 Å². The Morgan fingerprint density at radius 2 is 1.67 bits per heavy atom. The van der Waals surface area contributed by atoms with Crippen LogP contribution in [0.25, 0.3) is 0 Å². The van der Waals surface area contributed by atoms with Crippen LogP contribution in [0, 0.1) is 23.2 Å². The van der Waals surface area contributed by atoms with Gasteiger partial charge in [0.25, 0.3) is 0 Å². The number of alkyl halides is 3. The predicted molar refractivity (Wildman–Crippen MR) is 70.1 cm³/mol. The van der Waals surface area contributed by atoms with E-state index in [0.29, 0.717) is 45.6 Å². The number of carbonyl (C=O) groups excluding carboxylic acids is 1. The van der Waals surface area contributed by atoms with Gasteiger partial charge >= 0.3 is 6.18 Å². The summed E-state index contributed by atoms with van der Waals surface area (Å²) in [6.45, 7) is 2.83. The molecule has 4 nitrogen and oxygen atoms in total. The zero-order valence-corrected chi connectivity index (χ0v) is 11.9. The van der Waals surface area contributed by atoms with Crippen LogP contribution in [0.3, 0.4) is 0 Å². The molecule has 1 saturated heterocycles. The molecule has 0 aromatic carbocycles. The van der Waals surface area contributed by atoms with Crippen molar-refractivity contribution < 1.29 is 18.0 Å². The standard InChI is InChI=1S/C14H20F3N3O/c15-14(16,17)12-3-1-11(2-4-12)13(21)20-9-7-19(6-5-18)8-10-20/h11-12H,1-4,6-10H2. The van der Waals surface area contributed by atoms with Gasteiger partial charge in [-0.3, -0.25) is 9.69 Å². The highest BCUT2D eigenvalue weighted by Gasteiger charge is 2.43. The van der Waals surface area contributed by atoms with Crippen LogP contribution in [0.4, 0.5) is 13.2 Å². The maximum absolute atomic E-state index is 12.6. The molecule has 1 saturated carbocycles. The minimum Gasteiger partial charge on any atom is -0.340 e. The largest absolute Gasteiger partial charge is 0.391 e. The second-order valence-corrected chi connectivity index (χ2v) is 5.85. The molecule has 1 aliphatic heterocycles. The Morgan fingerprint density at radius 3 is 2.14 bits per heavy atom. The van der Waals surface area contributed by atoms with E-state index < -0.39 is 12.1 Å². The van der Waals surface area contributed by atoms with E-state index in [2.05, 4.69) is 6.07 Å². The third-order valence-electron chi connectivity index (χ3n) is 4.52. The Balaban J connectivity index is 1.79. The smallest absolute Gasteiger partial charge is 0.340 e. The lowest BCUT2D eigenvalue weighted by atomic mass is 9.81. The van der Waals surface area contributed by atoms with Crippen LogP contribution in [0.15, 0.2) is 0 Å². The Kier molecular flexibility index (Phi) is 5.09. The molecule has 118 valence electrons. The van der Waals surface area contributed by atoms with Gasteiger partial charge in [-0.05, 0) is 25.7 Å². The SMILES string of the molecule is N#CCN1CCN(C(=O)C2CCC(C(F)(F)F)CC2)CC1. The number of hydrogen-bond acceptors (Lipinski definition) is 3. The quantitative estimate of drug-likeness (QED) is 0.733. The number of nitrogens with zero attached hydrogens (tertiary/aromatic N) is 3. The first-order chi connectivity index (χ1) is 9.91. The molecule has 2 fully saturated rings. The molecule has 0 aromatic heterocycles. The summed E-state index contributed by atoms with van der Waals surface area (Å²) in [7, 11) is 0. The average Bonchev–Trinajstić information content (AvgIpc) is 2.47. The topological polar surface area (TPSA) is 47.3 Å². The van der Waals surface area contributed by atoms with Crippen molar-refractivity contribution in [2.75, 3.05) is 32.7 Å². The van der Waals surface area contributed by atoms with Crippen molar-refractivity contribution in [3.63, 3.8) is 0 Å². The lowest BCUT2D eigenvalue weighted by molar-refractivity contribution is -0.185. The predicted octanol–water partition coefficient (Wildman–Crippen LogP) is 2.02. The second kappa shape index (κ2) is 6.65. The highest BCUT2D eigenvalue weighted by atomic mass is 19.4. The fourth-order valence-corrected chi connectivity index (χ4v) is 3.15. The fraction of sp³-hybridized carbons (Fsp3) is 0.857. The molecule has 0 aromatic rings. The van der Waals surface area contributed by atoms with Gasteiger partial charge in [0, 0.05) is 32.1 Å². The first kappa shape index (κ1) is 16.1. The van der Waals surface area contributed by atoms with Crippen LogP contribution in [0.1, 0.15) is 25.7 Å². The van der Waals surface area contributed by atoms with Crippen LogP contribution in [0.5, 0.6) is 0 Å². The van der Waals surface area contributed by atoms with Crippen LogP contribution >= 0.6 is 0 Å². The van der Waals surface area contributed by atoms with Crippen molar-refractivity contribution in [2.45, 2.75) is 31.9 Å². The molecule has 21 heavy (non-hydrogen) atoms. The molecule has 0 bridgehead atoms. The third kappa shape index (κ3) is 4.10. The van der Waals surface area contributed by atoms with Crippen molar-refractivity contribution in [3.05, 3.63) is 0 Å². The molecular weight excluding hydrogens is 283 g/mol. The van der Waals surface area contributed by atoms with E-state index in [-0.39, 0.29) is 24.7 Å². The van der Waals surface area contributed by atoms with Crippen molar-refractivity contribution in [3.8, 4) is 6.07 Å². The third-order valence-corrected chi connectivity index (χ3v) is 4.52. The monoisotopic (exact) mass is 303 g/mol. The first-order valence-corrected chi connectivity index (χ1v) is 7.36. The van der Waals surface area contributed by atoms with Crippen LogP contribution < -0.4 is 0 Å². The van der Waals surface area contributed by atoms with Gasteiger partial charge in [0.05, 0.1) is 18.5 Å². The molecule has 1 amide bonds. The van der Waals surface area contributed by atoms with Crippen molar-refractivity contribution in [2.24, 2.45) is 11.8 Å². The summed E-state index contributed by atoms with van der Waals surface area (Å²) >= 11 is 0. The highest BCUT2D eigenvalue weighted by Crippen LogP contribution is 2.39. The molecule has 0 atom stereocenters. The number of nitriles is 1. The van der Waals surface area contributed by atoms with E-state index >= 15 is 0 Å². The number of hydrogen-bond donors (Lipinski definition) is 0. The van der Waals surface area contributed by atoms with E-state index in [0.717, 1.165) is 0 Å². The zero-order chi connectivity index (χ0) is 15.5. The Labute approximate surface area is 122 Å². The number of piperazine rings is 1. The molecule has 2 aliphatic rings. The van der Waals surface area contributed by atoms with Gasteiger partial charge in [-0.1, -0.05) is 0 Å². The Hall–Kier alpha value is -1.29. The lowest BCUT2D eigenvalue weighted by Crippen LogP contribution is -2.50. The van der Waals surface area contributed by atoms with E-state index in [9.17, 15) is 18.0 Å². The Bertz CT molecular complexity index is 403. The lowest BCUT2D eigenvalue weighted by Gasteiger charge is -2.37. The molecule has 0 N–H and O–H groups in total. The van der Waals surface area contributed by atoms with Crippen LogP contribution in [-0.2, 0) is 4.79 Å². The maximum Gasteiger partial charge on any atom is 0.391 e. The minimum absolute atomic E-state index is 0.00719. The summed E-state index contributed by atoms with van der Waals surface area (Å²) in [5.41, 5.74) is 0. The van der Waals surface area contributed by atoms with Gasteiger partial charge in [0.2, 0.25) is 5.91 Å². The minimum atomic E-state index is -4.13. The van der Waals surface area contributed by atoms with E-state index in [1.807, 2.05) is 4.90 Å². The molecular formula is C14H20F3N3O. The first-order valence-electron chi connectivity index (χ1n) is 7.36. The van der Waals surface area contributed by atoms with Crippen LogP contribution in [-0.4, -0.2) is 54.6 Å². The van der Waals surface area contributed by atoms with E-state index in [4.69, 9.17) is 5.26 Å². The summed E-state index contributed by atoms with van der Waals surface area (Å²) < 4.78 is 37.8. The van der Waals surface area contributed by atoms with Gasteiger partial charge in [0.15, 0.2) is 0 Å². The maximum atomic E-state index is 12.6. The van der Waals surface area contributed by atoms with Gasteiger partial charge in [-0.15, -0.1) is 0 Å². The van der Waals surface area contributed by atoms with Crippen molar-refractivity contribution >= 4 is 5.91 Å². The second-order valence-electron chi connectivity index (χ2n) is 5.85. The average molecular weight is 303 g/mol. The number of carbonyl (C=O) groups is 1. The number of rotatable bonds is 2.